The summed E-state index contributed by atoms with van der Waals surface area (Å²) < 4.78 is 18.5. The Kier molecular flexibility index (Phi) is 5.02. The van der Waals surface area contributed by atoms with Gasteiger partial charge in [0, 0.05) is 37.7 Å². The van der Waals surface area contributed by atoms with Crippen LogP contribution in [0.5, 0.6) is 5.75 Å². The minimum atomic E-state index is -0.480. The number of piperidine rings is 1. The van der Waals surface area contributed by atoms with Crippen LogP contribution in [0.15, 0.2) is 18.2 Å². The second kappa shape index (κ2) is 7.20. The van der Waals surface area contributed by atoms with Crippen molar-refractivity contribution in [2.45, 2.75) is 38.1 Å². The fraction of sp³-hybridized carbons (Fsp3) is 0.556. The third-order valence-electron chi connectivity index (χ3n) is 4.89. The molecule has 0 aromatic heterocycles. The van der Waals surface area contributed by atoms with Gasteiger partial charge in [0.15, 0.2) is 11.6 Å². The van der Waals surface area contributed by atoms with Crippen LogP contribution in [0.1, 0.15) is 42.5 Å². The number of rotatable bonds is 4. The first kappa shape index (κ1) is 16.7. The second-order valence-electron chi connectivity index (χ2n) is 6.44. The Morgan fingerprint density at radius 2 is 2.12 bits per heavy atom. The van der Waals surface area contributed by atoms with Crippen molar-refractivity contribution in [3.63, 3.8) is 0 Å². The van der Waals surface area contributed by atoms with Crippen molar-refractivity contribution in [2.24, 2.45) is 0 Å². The van der Waals surface area contributed by atoms with Gasteiger partial charge in [-0.25, -0.2) is 4.39 Å². The standard InChI is InChI=1S/C18H23FN2O3/c1-24-16-11-13(7-8-15(16)19)18(23)21-10-3-2-5-14(21)12-20-9-4-6-17(20)22/h7-8,11,14H,2-6,9-10,12H2,1H3/t14-/m0/s1. The van der Waals surface area contributed by atoms with E-state index in [1.165, 1.54) is 25.3 Å². The van der Waals surface area contributed by atoms with Gasteiger partial charge in [0.05, 0.1) is 7.11 Å². The van der Waals surface area contributed by atoms with Gasteiger partial charge < -0.3 is 14.5 Å². The summed E-state index contributed by atoms with van der Waals surface area (Å²) in [4.78, 5) is 28.5. The van der Waals surface area contributed by atoms with Crippen LogP contribution < -0.4 is 4.74 Å². The fourth-order valence-electron chi connectivity index (χ4n) is 3.57. The van der Waals surface area contributed by atoms with Crippen LogP contribution in [-0.4, -0.2) is 54.4 Å². The summed E-state index contributed by atoms with van der Waals surface area (Å²) in [7, 11) is 1.38. The lowest BCUT2D eigenvalue weighted by molar-refractivity contribution is -0.128. The van der Waals surface area contributed by atoms with E-state index in [1.807, 2.05) is 9.80 Å². The maximum absolute atomic E-state index is 13.6. The zero-order valence-electron chi connectivity index (χ0n) is 14.0. The molecule has 2 aliphatic rings. The van der Waals surface area contributed by atoms with Crippen molar-refractivity contribution in [1.82, 2.24) is 9.80 Å². The first-order chi connectivity index (χ1) is 11.6. The largest absolute Gasteiger partial charge is 0.494 e. The molecule has 1 atom stereocenters. The summed E-state index contributed by atoms with van der Waals surface area (Å²) in [5, 5.41) is 0. The zero-order chi connectivity index (χ0) is 17.1. The van der Waals surface area contributed by atoms with Crippen LogP contribution in [0, 0.1) is 5.82 Å². The molecule has 0 N–H and O–H groups in total. The topological polar surface area (TPSA) is 49.9 Å². The molecule has 2 fully saturated rings. The number of carbonyl (C=O) groups is 2. The average molecular weight is 334 g/mol. The lowest BCUT2D eigenvalue weighted by Crippen LogP contribution is -2.49. The molecule has 24 heavy (non-hydrogen) atoms. The van der Waals surface area contributed by atoms with E-state index in [9.17, 15) is 14.0 Å². The number of methoxy groups -OCH3 is 1. The highest BCUT2D eigenvalue weighted by Gasteiger charge is 2.31. The molecule has 2 saturated heterocycles. The highest BCUT2D eigenvalue weighted by molar-refractivity contribution is 5.95. The van der Waals surface area contributed by atoms with Gasteiger partial charge in [-0.2, -0.15) is 0 Å². The molecule has 0 spiro atoms. The van der Waals surface area contributed by atoms with Crippen LogP contribution in [0.4, 0.5) is 4.39 Å². The molecule has 1 aromatic rings. The molecule has 0 unspecified atom stereocenters. The van der Waals surface area contributed by atoms with E-state index in [0.717, 1.165) is 32.2 Å². The highest BCUT2D eigenvalue weighted by atomic mass is 19.1. The zero-order valence-corrected chi connectivity index (χ0v) is 14.0. The Labute approximate surface area is 141 Å². The molecule has 0 aliphatic carbocycles. The minimum absolute atomic E-state index is 0.0318. The van der Waals surface area contributed by atoms with E-state index < -0.39 is 5.82 Å². The Hall–Kier alpha value is -2.11. The van der Waals surface area contributed by atoms with E-state index in [4.69, 9.17) is 4.74 Å². The number of benzene rings is 1. The van der Waals surface area contributed by atoms with Crippen LogP contribution in [0.25, 0.3) is 0 Å². The second-order valence-corrected chi connectivity index (χ2v) is 6.44. The van der Waals surface area contributed by atoms with Gasteiger partial charge in [-0.15, -0.1) is 0 Å². The summed E-state index contributed by atoms with van der Waals surface area (Å²) in [6.07, 6.45) is 4.41. The number of carbonyl (C=O) groups excluding carboxylic acids is 2. The third kappa shape index (κ3) is 3.37. The molecule has 2 amide bonds. The summed E-state index contributed by atoms with van der Waals surface area (Å²) >= 11 is 0. The number of hydrogen-bond acceptors (Lipinski definition) is 3. The Morgan fingerprint density at radius 1 is 1.29 bits per heavy atom. The van der Waals surface area contributed by atoms with Gasteiger partial charge in [0.25, 0.3) is 5.91 Å². The summed E-state index contributed by atoms with van der Waals surface area (Å²) in [6.45, 7) is 2.05. The number of nitrogens with zero attached hydrogens (tertiary/aromatic N) is 2. The van der Waals surface area contributed by atoms with Crippen LogP contribution in [0.2, 0.25) is 0 Å². The fourth-order valence-corrected chi connectivity index (χ4v) is 3.57. The lowest BCUT2D eigenvalue weighted by atomic mass is 10.00. The van der Waals surface area contributed by atoms with Crippen molar-refractivity contribution in [3.8, 4) is 5.75 Å². The first-order valence-electron chi connectivity index (χ1n) is 8.52. The molecule has 1 aromatic carbocycles. The molecule has 2 aliphatic heterocycles. The number of hydrogen-bond donors (Lipinski definition) is 0. The smallest absolute Gasteiger partial charge is 0.254 e. The van der Waals surface area contributed by atoms with Crippen molar-refractivity contribution >= 4 is 11.8 Å². The van der Waals surface area contributed by atoms with Gasteiger partial charge in [0.2, 0.25) is 5.91 Å². The number of amides is 2. The first-order valence-corrected chi connectivity index (χ1v) is 8.52. The number of likely N-dealkylation sites (tertiary alicyclic amines) is 2. The van der Waals surface area contributed by atoms with Crippen molar-refractivity contribution in [2.75, 3.05) is 26.7 Å². The molecule has 0 saturated carbocycles. The molecule has 2 heterocycles. The highest BCUT2D eigenvalue weighted by Crippen LogP contribution is 2.25. The van der Waals surface area contributed by atoms with Crippen LogP contribution >= 0.6 is 0 Å². The van der Waals surface area contributed by atoms with Gasteiger partial charge in [0.1, 0.15) is 0 Å². The summed E-state index contributed by atoms with van der Waals surface area (Å²) in [5.74, 6) is -0.350. The van der Waals surface area contributed by atoms with Crippen molar-refractivity contribution < 1.29 is 18.7 Å². The van der Waals surface area contributed by atoms with Gasteiger partial charge >= 0.3 is 0 Å². The number of ether oxygens (including phenoxy) is 1. The molecule has 3 rings (SSSR count). The van der Waals surface area contributed by atoms with Crippen LogP contribution in [0.3, 0.4) is 0 Å². The summed E-state index contributed by atoms with van der Waals surface area (Å²) in [5.41, 5.74) is 0.424. The molecular weight excluding hydrogens is 311 g/mol. The molecule has 0 radical (unpaired) electrons. The Bertz CT molecular complexity index is 635. The van der Waals surface area contributed by atoms with E-state index in [0.29, 0.717) is 25.1 Å². The van der Waals surface area contributed by atoms with Crippen molar-refractivity contribution in [3.05, 3.63) is 29.6 Å². The Morgan fingerprint density at radius 3 is 2.83 bits per heavy atom. The monoisotopic (exact) mass is 334 g/mol. The normalized spacial score (nSPS) is 21.2. The van der Waals surface area contributed by atoms with Crippen LogP contribution in [-0.2, 0) is 4.79 Å². The van der Waals surface area contributed by atoms with Gasteiger partial charge in [-0.1, -0.05) is 0 Å². The average Bonchev–Trinajstić information content (AvgIpc) is 3.00. The molecular formula is C18H23FN2O3. The van der Waals surface area contributed by atoms with Gasteiger partial charge in [-0.3, -0.25) is 9.59 Å². The molecule has 130 valence electrons. The van der Waals surface area contributed by atoms with E-state index in [1.54, 1.807) is 0 Å². The maximum atomic E-state index is 13.6. The maximum Gasteiger partial charge on any atom is 0.254 e. The minimum Gasteiger partial charge on any atom is -0.494 e. The predicted molar refractivity (Wildman–Crippen MR) is 87.4 cm³/mol. The quantitative estimate of drug-likeness (QED) is 0.850. The lowest BCUT2D eigenvalue weighted by Gasteiger charge is -2.38. The molecule has 6 heteroatoms. The van der Waals surface area contributed by atoms with Gasteiger partial charge in [-0.05, 0) is 43.9 Å². The molecule has 0 bridgehead atoms. The summed E-state index contributed by atoms with van der Waals surface area (Å²) in [6, 6.07) is 4.23. The predicted octanol–water partition coefficient (Wildman–Crippen LogP) is 2.45. The van der Waals surface area contributed by atoms with Crippen molar-refractivity contribution in [1.29, 1.82) is 0 Å². The number of halogens is 1. The van der Waals surface area contributed by atoms with E-state index >= 15 is 0 Å². The molecule has 5 nitrogen and oxygen atoms in total. The Balaban J connectivity index is 1.76. The van der Waals surface area contributed by atoms with E-state index in [-0.39, 0.29) is 23.6 Å². The third-order valence-corrected chi connectivity index (χ3v) is 4.89. The SMILES string of the molecule is COc1cc(C(=O)N2CCCC[C@H]2CN2CCCC2=O)ccc1F. The van der Waals surface area contributed by atoms with E-state index in [2.05, 4.69) is 0 Å².